The van der Waals surface area contributed by atoms with Crippen LogP contribution in [-0.4, -0.2) is 0 Å². The van der Waals surface area contributed by atoms with Crippen LogP contribution in [0.25, 0.3) is 0 Å². The van der Waals surface area contributed by atoms with Crippen LogP contribution in [0.15, 0.2) is 48.5 Å². The lowest BCUT2D eigenvalue weighted by molar-refractivity contribution is 0.306. The van der Waals surface area contributed by atoms with Gasteiger partial charge in [-0.1, -0.05) is 50.2 Å². The molecule has 0 amide bonds. The zero-order valence-corrected chi connectivity index (χ0v) is 11.6. The van der Waals surface area contributed by atoms with Crippen LogP contribution >= 0.6 is 0 Å². The minimum atomic E-state index is 0.551. The Morgan fingerprint density at radius 2 is 1.68 bits per heavy atom. The minimum absolute atomic E-state index is 0.551. The predicted molar refractivity (Wildman–Crippen MR) is 79.2 cm³/mol. The molecule has 0 saturated heterocycles. The third-order valence-electron chi connectivity index (χ3n) is 3.18. The van der Waals surface area contributed by atoms with E-state index in [1.54, 1.807) is 0 Å². The minimum Gasteiger partial charge on any atom is -0.489 e. The average molecular weight is 255 g/mol. The molecule has 2 N–H and O–H groups in total. The Labute approximate surface area is 115 Å². The van der Waals surface area contributed by atoms with Crippen LogP contribution in [0.1, 0.15) is 36.5 Å². The number of rotatable bonds is 5. The number of ether oxygens (including phenoxy) is 1. The highest BCUT2D eigenvalue weighted by molar-refractivity contribution is 5.29. The molecule has 0 fully saturated rings. The first-order chi connectivity index (χ1) is 9.19. The van der Waals surface area contributed by atoms with Gasteiger partial charge in [0.2, 0.25) is 0 Å². The molecule has 0 spiro atoms. The molecule has 0 radical (unpaired) electrons. The Kier molecular flexibility index (Phi) is 4.58. The van der Waals surface area contributed by atoms with Crippen LogP contribution in [-0.2, 0) is 13.2 Å². The molecule has 0 aromatic heterocycles. The third kappa shape index (κ3) is 3.83. The van der Waals surface area contributed by atoms with E-state index in [4.69, 9.17) is 10.5 Å². The Bertz CT molecular complexity index is 517. The lowest BCUT2D eigenvalue weighted by atomic mass is 10.0. The summed E-state index contributed by atoms with van der Waals surface area (Å²) in [5.41, 5.74) is 9.25. The molecule has 0 heterocycles. The highest BCUT2D eigenvalue weighted by Crippen LogP contribution is 2.19. The molecule has 2 aromatic carbocycles. The van der Waals surface area contributed by atoms with E-state index in [2.05, 4.69) is 38.1 Å². The predicted octanol–water partition coefficient (Wildman–Crippen LogP) is 3.85. The van der Waals surface area contributed by atoms with Crippen molar-refractivity contribution in [3.05, 3.63) is 65.2 Å². The van der Waals surface area contributed by atoms with Crippen LogP contribution in [0.3, 0.4) is 0 Å². The topological polar surface area (TPSA) is 35.2 Å². The molecule has 0 aliphatic rings. The summed E-state index contributed by atoms with van der Waals surface area (Å²) in [6.45, 7) is 5.52. The summed E-state index contributed by atoms with van der Waals surface area (Å²) in [5.74, 6) is 1.46. The van der Waals surface area contributed by atoms with E-state index in [-0.39, 0.29) is 0 Å². The van der Waals surface area contributed by atoms with E-state index in [0.717, 1.165) is 16.9 Å². The molecule has 0 atom stereocenters. The maximum Gasteiger partial charge on any atom is 0.119 e. The molecule has 2 nitrogen and oxygen atoms in total. The van der Waals surface area contributed by atoms with Crippen molar-refractivity contribution in [1.82, 2.24) is 0 Å². The van der Waals surface area contributed by atoms with E-state index >= 15 is 0 Å². The Morgan fingerprint density at radius 1 is 1.00 bits per heavy atom. The van der Waals surface area contributed by atoms with Gasteiger partial charge in [-0.2, -0.15) is 0 Å². The molecule has 0 bridgehead atoms. The smallest absolute Gasteiger partial charge is 0.119 e. The van der Waals surface area contributed by atoms with Crippen molar-refractivity contribution in [3.8, 4) is 5.75 Å². The number of hydrogen-bond donors (Lipinski definition) is 1. The monoisotopic (exact) mass is 255 g/mol. The highest BCUT2D eigenvalue weighted by Gasteiger charge is 2.00. The molecule has 0 saturated carbocycles. The van der Waals surface area contributed by atoms with Crippen LogP contribution in [0.5, 0.6) is 5.75 Å². The Balaban J connectivity index is 1.98. The van der Waals surface area contributed by atoms with Gasteiger partial charge in [-0.15, -0.1) is 0 Å². The van der Waals surface area contributed by atoms with Gasteiger partial charge in [0.05, 0.1) is 0 Å². The molecular weight excluding hydrogens is 234 g/mol. The van der Waals surface area contributed by atoms with Crippen molar-refractivity contribution in [2.45, 2.75) is 32.9 Å². The fourth-order valence-corrected chi connectivity index (χ4v) is 1.96. The van der Waals surface area contributed by atoms with E-state index in [1.807, 2.05) is 24.3 Å². The summed E-state index contributed by atoms with van der Waals surface area (Å²) in [6.07, 6.45) is 0. The quantitative estimate of drug-likeness (QED) is 0.880. The first-order valence-electron chi connectivity index (χ1n) is 6.69. The Hall–Kier alpha value is -1.80. The van der Waals surface area contributed by atoms with E-state index < -0.39 is 0 Å². The zero-order chi connectivity index (χ0) is 13.7. The second-order valence-electron chi connectivity index (χ2n) is 5.04. The van der Waals surface area contributed by atoms with Gasteiger partial charge < -0.3 is 10.5 Å². The second-order valence-corrected chi connectivity index (χ2v) is 5.04. The van der Waals surface area contributed by atoms with Crippen molar-refractivity contribution in [1.29, 1.82) is 0 Å². The van der Waals surface area contributed by atoms with Crippen molar-refractivity contribution < 1.29 is 4.74 Å². The zero-order valence-electron chi connectivity index (χ0n) is 11.6. The lowest BCUT2D eigenvalue weighted by Crippen LogP contribution is -2.00. The number of benzene rings is 2. The summed E-state index contributed by atoms with van der Waals surface area (Å²) < 4.78 is 5.79. The van der Waals surface area contributed by atoms with Gasteiger partial charge in [-0.25, -0.2) is 0 Å². The fraction of sp³-hybridized carbons (Fsp3) is 0.294. The molecule has 19 heavy (non-hydrogen) atoms. The van der Waals surface area contributed by atoms with Crippen molar-refractivity contribution in [3.63, 3.8) is 0 Å². The molecule has 0 aliphatic carbocycles. The van der Waals surface area contributed by atoms with Crippen LogP contribution in [0.4, 0.5) is 0 Å². The first-order valence-corrected chi connectivity index (χ1v) is 6.69. The summed E-state index contributed by atoms with van der Waals surface area (Å²) in [6, 6.07) is 16.5. The highest BCUT2D eigenvalue weighted by atomic mass is 16.5. The standard InChI is InChI=1S/C17H21NO/c1-13(2)16-6-8-17(9-7-16)19-12-15-5-3-4-14(10-15)11-18/h3-10,13H,11-12,18H2,1-2H3. The van der Waals surface area contributed by atoms with Gasteiger partial charge >= 0.3 is 0 Å². The van der Waals surface area contributed by atoms with Gasteiger partial charge in [-0.05, 0) is 34.7 Å². The van der Waals surface area contributed by atoms with E-state index in [0.29, 0.717) is 19.1 Å². The average Bonchev–Trinajstić information content (AvgIpc) is 2.46. The van der Waals surface area contributed by atoms with Gasteiger partial charge in [0, 0.05) is 6.54 Å². The SMILES string of the molecule is CC(C)c1ccc(OCc2cccc(CN)c2)cc1. The summed E-state index contributed by atoms with van der Waals surface area (Å²) >= 11 is 0. The maximum absolute atomic E-state index is 5.79. The normalized spacial score (nSPS) is 10.7. The fourth-order valence-electron chi connectivity index (χ4n) is 1.96. The van der Waals surface area contributed by atoms with Gasteiger partial charge in [0.1, 0.15) is 12.4 Å². The molecule has 100 valence electrons. The second kappa shape index (κ2) is 6.39. The molecular formula is C17H21NO. The number of nitrogens with two attached hydrogens (primary N) is 1. The van der Waals surface area contributed by atoms with Crippen LogP contribution < -0.4 is 10.5 Å². The van der Waals surface area contributed by atoms with Crippen molar-refractivity contribution in [2.24, 2.45) is 5.73 Å². The molecule has 2 rings (SSSR count). The Morgan fingerprint density at radius 3 is 2.32 bits per heavy atom. The van der Waals surface area contributed by atoms with Crippen molar-refractivity contribution in [2.75, 3.05) is 0 Å². The first kappa shape index (κ1) is 13.6. The van der Waals surface area contributed by atoms with E-state index in [1.165, 1.54) is 5.56 Å². The summed E-state index contributed by atoms with van der Waals surface area (Å²) in [7, 11) is 0. The third-order valence-corrected chi connectivity index (χ3v) is 3.18. The number of hydrogen-bond acceptors (Lipinski definition) is 2. The molecule has 2 heteroatoms. The lowest BCUT2D eigenvalue weighted by Gasteiger charge is -2.09. The molecule has 2 aromatic rings. The maximum atomic E-state index is 5.79. The largest absolute Gasteiger partial charge is 0.489 e. The van der Waals surface area contributed by atoms with E-state index in [9.17, 15) is 0 Å². The molecule has 0 unspecified atom stereocenters. The summed E-state index contributed by atoms with van der Waals surface area (Å²) in [4.78, 5) is 0. The van der Waals surface area contributed by atoms with Crippen LogP contribution in [0, 0.1) is 0 Å². The molecule has 0 aliphatic heterocycles. The van der Waals surface area contributed by atoms with Crippen LogP contribution in [0.2, 0.25) is 0 Å². The van der Waals surface area contributed by atoms with Crippen molar-refractivity contribution >= 4 is 0 Å². The van der Waals surface area contributed by atoms with Gasteiger partial charge in [0.25, 0.3) is 0 Å². The van der Waals surface area contributed by atoms with Gasteiger partial charge in [0.15, 0.2) is 0 Å². The van der Waals surface area contributed by atoms with Gasteiger partial charge in [-0.3, -0.25) is 0 Å². The summed E-state index contributed by atoms with van der Waals surface area (Å²) in [5, 5.41) is 0.